The Kier molecular flexibility index (Phi) is 4.60. The average molecular weight is 289 g/mol. The number of rotatable bonds is 4. The van der Waals surface area contributed by atoms with Crippen LogP contribution in [-0.2, 0) is 6.42 Å². The normalized spacial score (nSPS) is 11.7. The zero-order chi connectivity index (χ0) is 14.5. The van der Waals surface area contributed by atoms with Crippen molar-refractivity contribution in [3.63, 3.8) is 0 Å². The van der Waals surface area contributed by atoms with Crippen LogP contribution in [0.4, 0.5) is 10.1 Å². The Balaban J connectivity index is 2.08. The Labute approximate surface area is 122 Å². The standard InChI is InChI=1S/C16H14ClFN2/c1-11(13-4-7-15(17)16(18)10-13)20-14-5-2-12(3-6-14)8-9-19/h2-7,10-11,20H,8H2,1H3. The van der Waals surface area contributed by atoms with Crippen molar-refractivity contribution in [1.82, 2.24) is 0 Å². The summed E-state index contributed by atoms with van der Waals surface area (Å²) in [5, 5.41) is 12.0. The van der Waals surface area contributed by atoms with Crippen molar-refractivity contribution in [3.05, 3.63) is 64.4 Å². The third-order valence-electron chi connectivity index (χ3n) is 3.06. The van der Waals surface area contributed by atoms with E-state index < -0.39 is 5.82 Å². The van der Waals surface area contributed by atoms with Crippen LogP contribution in [0.15, 0.2) is 42.5 Å². The summed E-state index contributed by atoms with van der Waals surface area (Å²) in [5.74, 6) is -0.415. The predicted octanol–water partition coefficient (Wildman–Crippen LogP) is 4.72. The molecule has 0 fully saturated rings. The van der Waals surface area contributed by atoms with Crippen LogP contribution < -0.4 is 5.32 Å². The molecule has 2 rings (SSSR count). The van der Waals surface area contributed by atoms with Crippen molar-refractivity contribution < 1.29 is 4.39 Å². The molecule has 1 atom stereocenters. The smallest absolute Gasteiger partial charge is 0.142 e. The van der Waals surface area contributed by atoms with Crippen LogP contribution in [0.2, 0.25) is 5.02 Å². The quantitative estimate of drug-likeness (QED) is 0.884. The zero-order valence-electron chi connectivity index (χ0n) is 11.0. The molecule has 20 heavy (non-hydrogen) atoms. The molecule has 0 amide bonds. The fourth-order valence-electron chi connectivity index (χ4n) is 1.93. The van der Waals surface area contributed by atoms with Gasteiger partial charge >= 0.3 is 0 Å². The molecule has 0 aromatic heterocycles. The molecule has 0 saturated carbocycles. The lowest BCUT2D eigenvalue weighted by atomic mass is 10.1. The number of nitrogens with one attached hydrogen (secondary N) is 1. The van der Waals surface area contributed by atoms with Gasteiger partial charge in [-0.25, -0.2) is 4.39 Å². The molecular formula is C16H14ClFN2. The molecule has 102 valence electrons. The molecule has 1 unspecified atom stereocenters. The Hall–Kier alpha value is -2.05. The molecule has 0 aliphatic heterocycles. The first-order valence-electron chi connectivity index (χ1n) is 6.27. The summed E-state index contributed by atoms with van der Waals surface area (Å²) in [5.41, 5.74) is 2.73. The molecule has 2 aromatic rings. The first-order chi connectivity index (χ1) is 9.60. The molecular weight excluding hydrogens is 275 g/mol. The van der Waals surface area contributed by atoms with E-state index in [0.29, 0.717) is 6.42 Å². The second kappa shape index (κ2) is 6.40. The first-order valence-corrected chi connectivity index (χ1v) is 6.65. The third kappa shape index (κ3) is 3.49. The van der Waals surface area contributed by atoms with E-state index in [0.717, 1.165) is 16.8 Å². The van der Waals surface area contributed by atoms with Crippen LogP contribution >= 0.6 is 11.6 Å². The van der Waals surface area contributed by atoms with E-state index in [1.165, 1.54) is 6.07 Å². The van der Waals surface area contributed by atoms with Gasteiger partial charge in [0, 0.05) is 11.7 Å². The van der Waals surface area contributed by atoms with Crippen LogP contribution in [-0.4, -0.2) is 0 Å². The van der Waals surface area contributed by atoms with Crippen LogP contribution in [0.3, 0.4) is 0 Å². The second-order valence-electron chi connectivity index (χ2n) is 4.57. The summed E-state index contributed by atoms with van der Waals surface area (Å²) in [6, 6.07) is 14.5. The molecule has 0 heterocycles. The van der Waals surface area contributed by atoms with Gasteiger partial charge in [-0.15, -0.1) is 0 Å². The number of halogens is 2. The number of nitriles is 1. The summed E-state index contributed by atoms with van der Waals surface area (Å²) in [7, 11) is 0. The molecule has 2 nitrogen and oxygen atoms in total. The average Bonchev–Trinajstić information content (AvgIpc) is 2.44. The zero-order valence-corrected chi connectivity index (χ0v) is 11.8. The number of hydrogen-bond donors (Lipinski definition) is 1. The van der Waals surface area contributed by atoms with Gasteiger partial charge in [-0.3, -0.25) is 0 Å². The molecule has 0 aliphatic carbocycles. The molecule has 0 saturated heterocycles. The highest BCUT2D eigenvalue weighted by molar-refractivity contribution is 6.30. The highest BCUT2D eigenvalue weighted by Gasteiger charge is 2.08. The van der Waals surface area contributed by atoms with Gasteiger partial charge in [0.15, 0.2) is 0 Å². The number of benzene rings is 2. The summed E-state index contributed by atoms with van der Waals surface area (Å²) in [6.07, 6.45) is 0.401. The van der Waals surface area contributed by atoms with E-state index in [9.17, 15) is 4.39 Å². The Morgan fingerprint density at radius 1 is 1.25 bits per heavy atom. The highest BCUT2D eigenvalue weighted by atomic mass is 35.5. The van der Waals surface area contributed by atoms with Gasteiger partial charge in [0.1, 0.15) is 5.82 Å². The van der Waals surface area contributed by atoms with Gasteiger partial charge in [-0.1, -0.05) is 29.8 Å². The van der Waals surface area contributed by atoms with E-state index in [1.807, 2.05) is 31.2 Å². The molecule has 0 radical (unpaired) electrons. The second-order valence-corrected chi connectivity index (χ2v) is 4.98. The molecule has 4 heteroatoms. The van der Waals surface area contributed by atoms with Crippen LogP contribution in [0.5, 0.6) is 0 Å². The lowest BCUT2D eigenvalue weighted by molar-refractivity contribution is 0.624. The number of nitrogens with zero attached hydrogens (tertiary/aromatic N) is 1. The van der Waals surface area contributed by atoms with E-state index >= 15 is 0 Å². The maximum absolute atomic E-state index is 13.4. The summed E-state index contributed by atoms with van der Waals surface area (Å²) in [6.45, 7) is 1.95. The Morgan fingerprint density at radius 3 is 2.55 bits per heavy atom. The number of anilines is 1. The van der Waals surface area contributed by atoms with Crippen LogP contribution in [0.1, 0.15) is 24.1 Å². The minimum absolute atomic E-state index is 0.0383. The fourth-order valence-corrected chi connectivity index (χ4v) is 2.04. The van der Waals surface area contributed by atoms with Gasteiger partial charge in [-0.2, -0.15) is 5.26 Å². The van der Waals surface area contributed by atoms with E-state index in [2.05, 4.69) is 11.4 Å². The molecule has 0 spiro atoms. The third-order valence-corrected chi connectivity index (χ3v) is 3.37. The van der Waals surface area contributed by atoms with Crippen molar-refractivity contribution in [2.24, 2.45) is 0 Å². The SMILES string of the molecule is CC(Nc1ccc(CC#N)cc1)c1ccc(Cl)c(F)c1. The van der Waals surface area contributed by atoms with Gasteiger partial charge in [0.2, 0.25) is 0 Å². The minimum Gasteiger partial charge on any atom is -0.379 e. The van der Waals surface area contributed by atoms with Gasteiger partial charge in [0.05, 0.1) is 17.5 Å². The van der Waals surface area contributed by atoms with Crippen LogP contribution in [0.25, 0.3) is 0 Å². The van der Waals surface area contributed by atoms with Gasteiger partial charge in [0.25, 0.3) is 0 Å². The Morgan fingerprint density at radius 2 is 1.95 bits per heavy atom. The lowest BCUT2D eigenvalue weighted by Crippen LogP contribution is -2.06. The highest BCUT2D eigenvalue weighted by Crippen LogP contribution is 2.23. The van der Waals surface area contributed by atoms with Crippen molar-refractivity contribution in [3.8, 4) is 6.07 Å². The molecule has 2 aromatic carbocycles. The Bertz CT molecular complexity index is 632. The molecule has 1 N–H and O–H groups in total. The topological polar surface area (TPSA) is 35.8 Å². The summed E-state index contributed by atoms with van der Waals surface area (Å²) < 4.78 is 13.4. The maximum Gasteiger partial charge on any atom is 0.142 e. The van der Waals surface area contributed by atoms with Crippen molar-refractivity contribution >= 4 is 17.3 Å². The van der Waals surface area contributed by atoms with E-state index in [-0.39, 0.29) is 11.1 Å². The minimum atomic E-state index is -0.415. The van der Waals surface area contributed by atoms with Crippen LogP contribution in [0, 0.1) is 17.1 Å². The van der Waals surface area contributed by atoms with Gasteiger partial charge < -0.3 is 5.32 Å². The monoisotopic (exact) mass is 288 g/mol. The maximum atomic E-state index is 13.4. The lowest BCUT2D eigenvalue weighted by Gasteiger charge is -2.16. The van der Waals surface area contributed by atoms with Crippen molar-refractivity contribution in [1.29, 1.82) is 5.26 Å². The predicted molar refractivity (Wildman–Crippen MR) is 79.2 cm³/mol. The van der Waals surface area contributed by atoms with Crippen molar-refractivity contribution in [2.75, 3.05) is 5.32 Å². The molecule has 0 bridgehead atoms. The van der Waals surface area contributed by atoms with E-state index in [4.69, 9.17) is 16.9 Å². The van der Waals surface area contributed by atoms with Crippen molar-refractivity contribution in [2.45, 2.75) is 19.4 Å². The fraction of sp³-hybridized carbons (Fsp3) is 0.188. The first kappa shape index (κ1) is 14.4. The summed E-state index contributed by atoms with van der Waals surface area (Å²) in [4.78, 5) is 0. The van der Waals surface area contributed by atoms with E-state index in [1.54, 1.807) is 12.1 Å². The summed E-state index contributed by atoms with van der Waals surface area (Å²) >= 11 is 5.67. The largest absolute Gasteiger partial charge is 0.379 e. The molecule has 0 aliphatic rings. The van der Waals surface area contributed by atoms with Gasteiger partial charge in [-0.05, 0) is 42.3 Å². The number of hydrogen-bond acceptors (Lipinski definition) is 2.